The first-order valence-electron chi connectivity index (χ1n) is 9.04. The molecule has 1 saturated carbocycles. The molecule has 1 aromatic carbocycles. The van der Waals surface area contributed by atoms with Crippen molar-refractivity contribution < 1.29 is 22.4 Å². The van der Waals surface area contributed by atoms with Crippen molar-refractivity contribution in [1.29, 1.82) is 0 Å². The van der Waals surface area contributed by atoms with E-state index in [-0.39, 0.29) is 30.9 Å². The SMILES string of the molecule is CN(CCC(F)(F)F)CC(=O)N(Cc1ccc(F)cc1)C1CCCCC1. The third kappa shape index (κ3) is 6.94. The highest BCUT2D eigenvalue weighted by Gasteiger charge is 2.29. The van der Waals surface area contributed by atoms with E-state index in [1.807, 2.05) is 0 Å². The molecule has 1 aliphatic rings. The zero-order valence-corrected chi connectivity index (χ0v) is 15.1. The van der Waals surface area contributed by atoms with Crippen LogP contribution in [0.4, 0.5) is 17.6 Å². The molecule has 1 aliphatic carbocycles. The van der Waals surface area contributed by atoms with Crippen LogP contribution in [0, 0.1) is 5.82 Å². The van der Waals surface area contributed by atoms with E-state index in [1.165, 1.54) is 24.1 Å². The van der Waals surface area contributed by atoms with Gasteiger partial charge in [0.15, 0.2) is 0 Å². The van der Waals surface area contributed by atoms with Crippen molar-refractivity contribution in [3.05, 3.63) is 35.6 Å². The Hall–Kier alpha value is -1.63. The molecule has 0 heterocycles. The maximum Gasteiger partial charge on any atom is 0.390 e. The largest absolute Gasteiger partial charge is 0.390 e. The number of benzene rings is 1. The van der Waals surface area contributed by atoms with Crippen LogP contribution in [-0.2, 0) is 11.3 Å². The number of hydrogen-bond donors (Lipinski definition) is 0. The molecular formula is C19H26F4N2O. The molecule has 0 unspecified atom stereocenters. The van der Waals surface area contributed by atoms with Gasteiger partial charge >= 0.3 is 6.18 Å². The molecule has 26 heavy (non-hydrogen) atoms. The monoisotopic (exact) mass is 374 g/mol. The molecule has 3 nitrogen and oxygen atoms in total. The van der Waals surface area contributed by atoms with Gasteiger partial charge in [-0.3, -0.25) is 9.69 Å². The molecule has 0 spiro atoms. The lowest BCUT2D eigenvalue weighted by Gasteiger charge is -2.35. The Labute approximate surface area is 152 Å². The van der Waals surface area contributed by atoms with Crippen molar-refractivity contribution in [2.24, 2.45) is 0 Å². The summed E-state index contributed by atoms with van der Waals surface area (Å²) in [7, 11) is 1.53. The van der Waals surface area contributed by atoms with E-state index < -0.39 is 12.6 Å². The van der Waals surface area contributed by atoms with Gasteiger partial charge in [0, 0.05) is 19.1 Å². The number of carbonyl (C=O) groups excluding carboxylic acids is 1. The van der Waals surface area contributed by atoms with Crippen LogP contribution in [0.2, 0.25) is 0 Å². The van der Waals surface area contributed by atoms with Crippen LogP contribution < -0.4 is 0 Å². The Bertz CT molecular complexity index is 568. The molecule has 0 aliphatic heterocycles. The quantitative estimate of drug-likeness (QED) is 0.662. The lowest BCUT2D eigenvalue weighted by Crippen LogP contribution is -2.45. The zero-order chi connectivity index (χ0) is 19.2. The number of hydrogen-bond acceptors (Lipinski definition) is 2. The molecule has 1 amide bonds. The maximum atomic E-state index is 13.1. The molecule has 0 radical (unpaired) electrons. The summed E-state index contributed by atoms with van der Waals surface area (Å²) in [5.74, 6) is -0.512. The molecular weight excluding hydrogens is 348 g/mol. The fraction of sp³-hybridized carbons (Fsp3) is 0.632. The first-order chi connectivity index (χ1) is 12.2. The lowest BCUT2D eigenvalue weighted by molar-refractivity contribution is -0.143. The van der Waals surface area contributed by atoms with E-state index in [0.717, 1.165) is 37.7 Å². The maximum absolute atomic E-state index is 13.1. The minimum atomic E-state index is -4.23. The van der Waals surface area contributed by atoms with Gasteiger partial charge in [0.1, 0.15) is 5.82 Å². The summed E-state index contributed by atoms with van der Waals surface area (Å²) in [6, 6.07) is 6.09. The number of halogens is 4. The van der Waals surface area contributed by atoms with E-state index in [1.54, 1.807) is 17.0 Å². The van der Waals surface area contributed by atoms with Gasteiger partial charge in [0.05, 0.1) is 13.0 Å². The number of rotatable bonds is 7. The highest BCUT2D eigenvalue weighted by atomic mass is 19.4. The fourth-order valence-electron chi connectivity index (χ4n) is 3.32. The van der Waals surface area contributed by atoms with Crippen molar-refractivity contribution in [2.75, 3.05) is 20.1 Å². The second-order valence-electron chi connectivity index (χ2n) is 7.04. The van der Waals surface area contributed by atoms with E-state index in [9.17, 15) is 22.4 Å². The smallest absolute Gasteiger partial charge is 0.334 e. The van der Waals surface area contributed by atoms with Crippen molar-refractivity contribution in [3.8, 4) is 0 Å². The van der Waals surface area contributed by atoms with Gasteiger partial charge in [-0.25, -0.2) is 4.39 Å². The van der Waals surface area contributed by atoms with Crippen LogP contribution >= 0.6 is 0 Å². The highest BCUT2D eigenvalue weighted by molar-refractivity contribution is 5.78. The van der Waals surface area contributed by atoms with E-state index in [0.29, 0.717) is 6.54 Å². The summed E-state index contributed by atoms with van der Waals surface area (Å²) in [6.45, 7) is 0.106. The van der Waals surface area contributed by atoms with Crippen LogP contribution in [0.3, 0.4) is 0 Å². The molecule has 0 bridgehead atoms. The van der Waals surface area contributed by atoms with Gasteiger partial charge in [-0.05, 0) is 37.6 Å². The molecule has 2 rings (SSSR count). The number of carbonyl (C=O) groups is 1. The second kappa shape index (κ2) is 9.35. The summed E-state index contributed by atoms with van der Waals surface area (Å²) in [6.07, 6.45) is -0.130. The molecule has 0 atom stereocenters. The molecule has 1 fully saturated rings. The Morgan fingerprint density at radius 2 is 1.73 bits per heavy atom. The molecule has 7 heteroatoms. The summed E-state index contributed by atoms with van der Waals surface area (Å²) in [4.78, 5) is 16.0. The van der Waals surface area contributed by atoms with Crippen molar-refractivity contribution >= 4 is 5.91 Å². The molecule has 0 aromatic heterocycles. The average Bonchev–Trinajstić information content (AvgIpc) is 2.59. The van der Waals surface area contributed by atoms with Crippen molar-refractivity contribution in [1.82, 2.24) is 9.80 Å². The molecule has 1 aromatic rings. The third-order valence-electron chi connectivity index (χ3n) is 4.78. The van der Waals surface area contributed by atoms with Gasteiger partial charge in [0.25, 0.3) is 0 Å². The number of nitrogens with zero attached hydrogens (tertiary/aromatic N) is 2. The standard InChI is InChI=1S/C19H26F4N2O/c1-24(12-11-19(21,22)23)14-18(26)25(17-5-3-2-4-6-17)13-15-7-9-16(20)10-8-15/h7-10,17H,2-6,11-14H2,1H3. The Kier molecular flexibility index (Phi) is 7.43. The second-order valence-corrected chi connectivity index (χ2v) is 7.04. The minimum absolute atomic E-state index is 0.0478. The van der Waals surface area contributed by atoms with Gasteiger partial charge in [-0.1, -0.05) is 31.4 Å². The molecule has 0 N–H and O–H groups in total. The minimum Gasteiger partial charge on any atom is -0.334 e. The van der Waals surface area contributed by atoms with Gasteiger partial charge in [-0.15, -0.1) is 0 Å². The van der Waals surface area contributed by atoms with E-state index >= 15 is 0 Å². The van der Waals surface area contributed by atoms with Crippen molar-refractivity contribution in [3.63, 3.8) is 0 Å². The van der Waals surface area contributed by atoms with E-state index in [4.69, 9.17) is 0 Å². The van der Waals surface area contributed by atoms with Crippen LogP contribution in [0.25, 0.3) is 0 Å². The number of likely N-dealkylation sites (N-methyl/N-ethyl adjacent to an activating group) is 1. The summed E-state index contributed by atoms with van der Waals surface area (Å²) in [5.41, 5.74) is 0.822. The normalized spacial score (nSPS) is 16.1. The molecule has 146 valence electrons. The summed E-state index contributed by atoms with van der Waals surface area (Å²) >= 11 is 0. The first kappa shape index (κ1) is 20.7. The Morgan fingerprint density at radius 3 is 2.31 bits per heavy atom. The number of amides is 1. The van der Waals surface area contributed by atoms with Crippen molar-refractivity contribution in [2.45, 2.75) is 57.3 Å². The van der Waals surface area contributed by atoms with Gasteiger partial charge in [0.2, 0.25) is 5.91 Å². The fourth-order valence-corrected chi connectivity index (χ4v) is 3.32. The zero-order valence-electron chi connectivity index (χ0n) is 15.1. The Balaban J connectivity index is 2.01. The summed E-state index contributed by atoms with van der Waals surface area (Å²) < 4.78 is 50.2. The average molecular weight is 374 g/mol. The Morgan fingerprint density at radius 1 is 1.12 bits per heavy atom. The predicted molar refractivity (Wildman–Crippen MR) is 92.0 cm³/mol. The van der Waals surface area contributed by atoms with Crippen LogP contribution in [0.15, 0.2) is 24.3 Å². The van der Waals surface area contributed by atoms with Crippen LogP contribution in [-0.4, -0.2) is 48.1 Å². The topological polar surface area (TPSA) is 23.6 Å². The number of alkyl halides is 3. The van der Waals surface area contributed by atoms with Gasteiger partial charge < -0.3 is 4.90 Å². The molecule has 0 saturated heterocycles. The van der Waals surface area contributed by atoms with Gasteiger partial charge in [-0.2, -0.15) is 13.2 Å². The predicted octanol–water partition coefficient (Wildman–Crippen LogP) is 4.37. The lowest BCUT2D eigenvalue weighted by atomic mass is 9.93. The first-order valence-corrected chi connectivity index (χ1v) is 9.04. The summed E-state index contributed by atoms with van der Waals surface area (Å²) in [5, 5.41) is 0. The third-order valence-corrected chi connectivity index (χ3v) is 4.78. The highest BCUT2D eigenvalue weighted by Crippen LogP contribution is 2.25. The van der Waals surface area contributed by atoms with Crippen LogP contribution in [0.1, 0.15) is 44.1 Å². The van der Waals surface area contributed by atoms with E-state index in [2.05, 4.69) is 0 Å². The van der Waals surface area contributed by atoms with Crippen LogP contribution in [0.5, 0.6) is 0 Å².